The molecule has 1 aromatic heterocycles. The summed E-state index contributed by atoms with van der Waals surface area (Å²) in [5.74, 6) is -0.188. The third kappa shape index (κ3) is 3.19. The lowest BCUT2D eigenvalue weighted by molar-refractivity contribution is -0.00271. The lowest BCUT2D eigenvalue weighted by Crippen LogP contribution is -2.33. The van der Waals surface area contributed by atoms with Crippen LogP contribution in [0.4, 0.5) is 4.39 Å². The molecular weight excluding hydrogens is 255 g/mol. The van der Waals surface area contributed by atoms with Crippen molar-refractivity contribution in [2.75, 3.05) is 20.2 Å². The number of nitrogens with zero attached hydrogens (tertiary/aromatic N) is 1. The highest BCUT2D eigenvalue weighted by Crippen LogP contribution is 2.18. The maximum Gasteiger partial charge on any atom is 0.123 e. The van der Waals surface area contributed by atoms with Crippen molar-refractivity contribution in [2.45, 2.75) is 31.9 Å². The summed E-state index contributed by atoms with van der Waals surface area (Å²) in [4.78, 5) is 5.60. The SMILES string of the molecule is CN(Cc1cc2cc(F)ccc2[nH]1)C[C@@H]1CCCCO1. The lowest BCUT2D eigenvalue weighted by Gasteiger charge is -2.27. The van der Waals surface area contributed by atoms with Crippen LogP contribution in [-0.4, -0.2) is 36.2 Å². The molecule has 1 aromatic carbocycles. The molecule has 2 aromatic rings. The van der Waals surface area contributed by atoms with Gasteiger partial charge in [0.25, 0.3) is 0 Å². The van der Waals surface area contributed by atoms with E-state index in [0.29, 0.717) is 6.10 Å². The van der Waals surface area contributed by atoms with Crippen molar-refractivity contribution in [2.24, 2.45) is 0 Å². The Morgan fingerprint density at radius 3 is 3.05 bits per heavy atom. The topological polar surface area (TPSA) is 28.3 Å². The fourth-order valence-corrected chi connectivity index (χ4v) is 2.90. The summed E-state index contributed by atoms with van der Waals surface area (Å²) in [6, 6.07) is 6.87. The van der Waals surface area contributed by atoms with E-state index in [1.54, 1.807) is 12.1 Å². The van der Waals surface area contributed by atoms with Gasteiger partial charge in [0.05, 0.1) is 6.10 Å². The molecule has 2 heterocycles. The van der Waals surface area contributed by atoms with Gasteiger partial charge in [0.2, 0.25) is 0 Å². The summed E-state index contributed by atoms with van der Waals surface area (Å²) in [6.07, 6.45) is 3.97. The van der Waals surface area contributed by atoms with Gasteiger partial charge in [-0.2, -0.15) is 0 Å². The van der Waals surface area contributed by atoms with Gasteiger partial charge in [-0.05, 0) is 50.6 Å². The van der Waals surface area contributed by atoms with Gasteiger partial charge >= 0.3 is 0 Å². The minimum atomic E-state index is -0.188. The number of aromatic amines is 1. The third-order valence-electron chi connectivity index (χ3n) is 3.87. The Labute approximate surface area is 118 Å². The summed E-state index contributed by atoms with van der Waals surface area (Å²) in [5, 5.41) is 0.933. The number of benzene rings is 1. The van der Waals surface area contributed by atoms with Crippen LogP contribution in [0.5, 0.6) is 0 Å². The first kappa shape index (κ1) is 13.6. The Balaban J connectivity index is 1.63. The van der Waals surface area contributed by atoms with Crippen molar-refractivity contribution in [1.29, 1.82) is 0 Å². The van der Waals surface area contributed by atoms with E-state index in [1.807, 2.05) is 6.07 Å². The van der Waals surface area contributed by atoms with Crippen LogP contribution in [0, 0.1) is 5.82 Å². The van der Waals surface area contributed by atoms with E-state index in [0.717, 1.165) is 42.7 Å². The maximum absolute atomic E-state index is 13.2. The van der Waals surface area contributed by atoms with E-state index in [1.165, 1.54) is 18.9 Å². The smallest absolute Gasteiger partial charge is 0.123 e. The van der Waals surface area contributed by atoms with Crippen LogP contribution in [0.1, 0.15) is 25.0 Å². The zero-order chi connectivity index (χ0) is 13.9. The van der Waals surface area contributed by atoms with Crippen LogP contribution in [0.3, 0.4) is 0 Å². The first-order valence-electron chi connectivity index (χ1n) is 7.28. The van der Waals surface area contributed by atoms with Crippen molar-refractivity contribution in [1.82, 2.24) is 9.88 Å². The molecule has 1 saturated heterocycles. The van der Waals surface area contributed by atoms with E-state index < -0.39 is 0 Å². The molecule has 0 unspecified atom stereocenters. The number of rotatable bonds is 4. The van der Waals surface area contributed by atoms with Gasteiger partial charge in [-0.25, -0.2) is 4.39 Å². The van der Waals surface area contributed by atoms with Gasteiger partial charge in [-0.15, -0.1) is 0 Å². The van der Waals surface area contributed by atoms with E-state index in [4.69, 9.17) is 4.74 Å². The van der Waals surface area contributed by atoms with Crippen LogP contribution in [0.15, 0.2) is 24.3 Å². The Bertz CT molecular complexity index is 575. The van der Waals surface area contributed by atoms with Crippen LogP contribution in [0.2, 0.25) is 0 Å². The number of halogens is 1. The number of fused-ring (bicyclic) bond motifs is 1. The Kier molecular flexibility index (Phi) is 4.03. The Morgan fingerprint density at radius 2 is 2.25 bits per heavy atom. The number of likely N-dealkylation sites (N-methyl/N-ethyl adjacent to an activating group) is 1. The molecule has 0 bridgehead atoms. The monoisotopic (exact) mass is 276 g/mol. The quantitative estimate of drug-likeness (QED) is 0.928. The predicted molar refractivity (Wildman–Crippen MR) is 78.2 cm³/mol. The Hall–Kier alpha value is -1.39. The van der Waals surface area contributed by atoms with E-state index in [2.05, 4.69) is 16.9 Å². The minimum absolute atomic E-state index is 0.188. The fraction of sp³-hybridized carbons (Fsp3) is 0.500. The molecule has 0 aliphatic carbocycles. The van der Waals surface area contributed by atoms with E-state index in [-0.39, 0.29) is 5.82 Å². The molecule has 3 rings (SSSR count). The van der Waals surface area contributed by atoms with Crippen molar-refractivity contribution >= 4 is 10.9 Å². The molecule has 0 amide bonds. The maximum atomic E-state index is 13.2. The number of nitrogens with one attached hydrogen (secondary N) is 1. The number of aromatic nitrogens is 1. The molecule has 20 heavy (non-hydrogen) atoms. The highest BCUT2D eigenvalue weighted by atomic mass is 19.1. The molecule has 1 aliphatic rings. The molecule has 108 valence electrons. The highest BCUT2D eigenvalue weighted by molar-refractivity contribution is 5.80. The molecule has 0 radical (unpaired) electrons. The molecular formula is C16H21FN2O. The molecule has 0 spiro atoms. The summed E-state index contributed by atoms with van der Waals surface area (Å²) in [7, 11) is 2.10. The second-order valence-electron chi connectivity index (χ2n) is 5.71. The van der Waals surface area contributed by atoms with Gasteiger partial charge in [0.1, 0.15) is 5.82 Å². The zero-order valence-electron chi connectivity index (χ0n) is 11.9. The van der Waals surface area contributed by atoms with Crippen molar-refractivity contribution in [3.05, 3.63) is 35.8 Å². The van der Waals surface area contributed by atoms with Gasteiger partial charge in [0.15, 0.2) is 0 Å². The largest absolute Gasteiger partial charge is 0.377 e. The van der Waals surface area contributed by atoms with Crippen molar-refractivity contribution in [3.8, 4) is 0 Å². The molecule has 1 aliphatic heterocycles. The molecule has 0 saturated carbocycles. The molecule has 4 heteroatoms. The lowest BCUT2D eigenvalue weighted by atomic mass is 10.1. The highest BCUT2D eigenvalue weighted by Gasteiger charge is 2.16. The number of hydrogen-bond donors (Lipinski definition) is 1. The number of hydrogen-bond acceptors (Lipinski definition) is 2. The van der Waals surface area contributed by atoms with Crippen molar-refractivity contribution < 1.29 is 9.13 Å². The number of ether oxygens (including phenoxy) is 1. The summed E-state index contributed by atoms with van der Waals surface area (Å²) in [6.45, 7) is 2.67. The molecule has 1 N–H and O–H groups in total. The van der Waals surface area contributed by atoms with Crippen LogP contribution < -0.4 is 0 Å². The minimum Gasteiger partial charge on any atom is -0.377 e. The van der Waals surface area contributed by atoms with Gasteiger partial charge < -0.3 is 9.72 Å². The second-order valence-corrected chi connectivity index (χ2v) is 5.71. The molecule has 1 fully saturated rings. The van der Waals surface area contributed by atoms with Crippen LogP contribution in [0.25, 0.3) is 10.9 Å². The second kappa shape index (κ2) is 5.94. The van der Waals surface area contributed by atoms with Crippen LogP contribution >= 0.6 is 0 Å². The number of H-pyrrole nitrogens is 1. The van der Waals surface area contributed by atoms with E-state index >= 15 is 0 Å². The van der Waals surface area contributed by atoms with Crippen LogP contribution in [-0.2, 0) is 11.3 Å². The third-order valence-corrected chi connectivity index (χ3v) is 3.87. The Morgan fingerprint density at radius 1 is 1.35 bits per heavy atom. The summed E-state index contributed by atoms with van der Waals surface area (Å²) >= 11 is 0. The molecule has 3 nitrogen and oxygen atoms in total. The fourth-order valence-electron chi connectivity index (χ4n) is 2.90. The molecule has 1 atom stereocenters. The normalized spacial score (nSPS) is 19.9. The summed E-state index contributed by atoms with van der Waals surface area (Å²) in [5.41, 5.74) is 2.10. The zero-order valence-corrected chi connectivity index (χ0v) is 11.9. The average molecular weight is 276 g/mol. The van der Waals surface area contributed by atoms with Gasteiger partial charge in [0, 0.05) is 36.3 Å². The first-order valence-corrected chi connectivity index (χ1v) is 7.28. The van der Waals surface area contributed by atoms with Crippen molar-refractivity contribution in [3.63, 3.8) is 0 Å². The first-order chi connectivity index (χ1) is 9.70. The average Bonchev–Trinajstić information content (AvgIpc) is 2.80. The predicted octanol–water partition coefficient (Wildman–Crippen LogP) is 3.31. The van der Waals surface area contributed by atoms with E-state index in [9.17, 15) is 4.39 Å². The standard InChI is InChI=1S/C16H21FN2O/c1-19(11-15-4-2-3-7-20-15)10-14-9-12-8-13(17)5-6-16(12)18-14/h5-6,8-9,15,18H,2-4,7,10-11H2,1H3/t15-/m0/s1. The summed E-state index contributed by atoms with van der Waals surface area (Å²) < 4.78 is 18.9. The van der Waals surface area contributed by atoms with Gasteiger partial charge in [-0.3, -0.25) is 4.90 Å². The van der Waals surface area contributed by atoms with Gasteiger partial charge in [-0.1, -0.05) is 0 Å².